The van der Waals surface area contributed by atoms with Crippen molar-refractivity contribution in [2.45, 2.75) is 26.0 Å². The maximum atomic E-state index is 10.7. The molecule has 0 aromatic rings. The van der Waals surface area contributed by atoms with Crippen LogP contribution in [0.25, 0.3) is 0 Å². The van der Waals surface area contributed by atoms with Gasteiger partial charge in [-0.2, -0.15) is 0 Å². The van der Waals surface area contributed by atoms with Gasteiger partial charge in [0.25, 0.3) is 0 Å². The summed E-state index contributed by atoms with van der Waals surface area (Å²) in [6.07, 6.45) is 1.54. The average molecular weight is 129 g/mol. The highest BCUT2D eigenvalue weighted by molar-refractivity contribution is 5.76. The fourth-order valence-corrected chi connectivity index (χ4v) is 0.610. The standard InChI is InChI=1S/C6H11NO2/c1-2-3-5(8)7-6-4-9-6/h6H,2-4H2,1H3,(H,7,8). The first-order valence-corrected chi connectivity index (χ1v) is 3.24. The molecule has 1 atom stereocenters. The summed E-state index contributed by atoms with van der Waals surface area (Å²) >= 11 is 0. The lowest BCUT2D eigenvalue weighted by molar-refractivity contribution is -0.121. The minimum Gasteiger partial charge on any atom is -0.351 e. The van der Waals surface area contributed by atoms with Gasteiger partial charge in [-0.1, -0.05) is 6.92 Å². The van der Waals surface area contributed by atoms with E-state index in [-0.39, 0.29) is 12.1 Å². The molecule has 52 valence electrons. The molecule has 9 heavy (non-hydrogen) atoms. The van der Waals surface area contributed by atoms with Gasteiger partial charge in [0.1, 0.15) is 0 Å². The number of epoxide rings is 1. The Bertz CT molecular complexity index is 110. The molecule has 0 spiro atoms. The molecule has 1 unspecified atom stereocenters. The van der Waals surface area contributed by atoms with E-state index < -0.39 is 0 Å². The fourth-order valence-electron chi connectivity index (χ4n) is 0.610. The van der Waals surface area contributed by atoms with Crippen molar-refractivity contribution in [1.82, 2.24) is 5.32 Å². The molecular weight excluding hydrogens is 118 g/mol. The lowest BCUT2D eigenvalue weighted by Crippen LogP contribution is -2.25. The van der Waals surface area contributed by atoms with E-state index in [0.717, 1.165) is 6.42 Å². The maximum absolute atomic E-state index is 10.7. The summed E-state index contributed by atoms with van der Waals surface area (Å²) in [6, 6.07) is 0. The second kappa shape index (κ2) is 2.82. The Balaban J connectivity index is 2.02. The molecular formula is C6H11NO2. The van der Waals surface area contributed by atoms with Crippen LogP contribution in [0.15, 0.2) is 0 Å². The third-order valence-corrected chi connectivity index (χ3v) is 1.13. The number of hydrogen-bond acceptors (Lipinski definition) is 2. The SMILES string of the molecule is CCCC(=O)NC1CO1. The topological polar surface area (TPSA) is 41.6 Å². The number of amides is 1. The predicted molar refractivity (Wildman–Crippen MR) is 32.8 cm³/mol. The normalized spacial score (nSPS) is 23.4. The van der Waals surface area contributed by atoms with Crippen LogP contribution in [-0.2, 0) is 9.53 Å². The van der Waals surface area contributed by atoms with E-state index in [1.54, 1.807) is 0 Å². The first-order chi connectivity index (χ1) is 4.33. The Hall–Kier alpha value is -0.570. The molecule has 0 aromatic carbocycles. The molecule has 1 fully saturated rings. The van der Waals surface area contributed by atoms with Crippen LogP contribution in [0.1, 0.15) is 19.8 Å². The Morgan fingerprint density at radius 1 is 1.89 bits per heavy atom. The van der Waals surface area contributed by atoms with E-state index in [0.29, 0.717) is 13.0 Å². The summed E-state index contributed by atoms with van der Waals surface area (Å²) in [5.74, 6) is 0.0972. The molecule has 1 heterocycles. The zero-order valence-corrected chi connectivity index (χ0v) is 5.52. The number of nitrogens with one attached hydrogen (secondary N) is 1. The molecule has 0 aromatic heterocycles. The molecule has 1 rings (SSSR count). The molecule has 3 nitrogen and oxygen atoms in total. The van der Waals surface area contributed by atoms with Crippen LogP contribution in [0.4, 0.5) is 0 Å². The minimum absolute atomic E-state index is 0.0315. The first kappa shape index (κ1) is 6.55. The highest BCUT2D eigenvalue weighted by Gasteiger charge is 2.23. The summed E-state index contributed by atoms with van der Waals surface area (Å²) in [4.78, 5) is 10.7. The third kappa shape index (κ3) is 2.46. The van der Waals surface area contributed by atoms with Gasteiger partial charge in [0.15, 0.2) is 6.23 Å². The van der Waals surface area contributed by atoms with E-state index in [2.05, 4.69) is 5.32 Å². The lowest BCUT2D eigenvalue weighted by atomic mass is 10.3. The zero-order valence-electron chi connectivity index (χ0n) is 5.52. The molecule has 3 heteroatoms. The smallest absolute Gasteiger partial charge is 0.222 e. The number of carbonyl (C=O) groups excluding carboxylic acids is 1. The van der Waals surface area contributed by atoms with Gasteiger partial charge in [-0.3, -0.25) is 4.79 Å². The van der Waals surface area contributed by atoms with Crippen molar-refractivity contribution in [1.29, 1.82) is 0 Å². The Morgan fingerprint density at radius 3 is 3.00 bits per heavy atom. The molecule has 0 aliphatic carbocycles. The summed E-state index contributed by atoms with van der Waals surface area (Å²) in [5.41, 5.74) is 0. The number of ether oxygens (including phenoxy) is 1. The zero-order chi connectivity index (χ0) is 6.69. The second-order valence-electron chi connectivity index (χ2n) is 2.14. The van der Waals surface area contributed by atoms with Crippen molar-refractivity contribution in [2.75, 3.05) is 6.61 Å². The van der Waals surface area contributed by atoms with Crippen LogP contribution in [-0.4, -0.2) is 18.7 Å². The van der Waals surface area contributed by atoms with Crippen molar-refractivity contribution in [3.8, 4) is 0 Å². The van der Waals surface area contributed by atoms with E-state index in [1.165, 1.54) is 0 Å². The first-order valence-electron chi connectivity index (χ1n) is 3.24. The van der Waals surface area contributed by atoms with E-state index in [4.69, 9.17) is 4.74 Å². The van der Waals surface area contributed by atoms with Crippen molar-refractivity contribution in [2.24, 2.45) is 0 Å². The van der Waals surface area contributed by atoms with E-state index in [1.807, 2.05) is 6.92 Å². The maximum Gasteiger partial charge on any atom is 0.222 e. The lowest BCUT2D eigenvalue weighted by Gasteiger charge is -1.96. The number of hydrogen-bond donors (Lipinski definition) is 1. The molecule has 0 radical (unpaired) electrons. The van der Waals surface area contributed by atoms with Crippen LogP contribution in [0.2, 0.25) is 0 Å². The minimum atomic E-state index is 0.0315. The molecule has 0 saturated carbocycles. The summed E-state index contributed by atoms with van der Waals surface area (Å²) in [7, 11) is 0. The van der Waals surface area contributed by atoms with Gasteiger partial charge in [-0.15, -0.1) is 0 Å². The van der Waals surface area contributed by atoms with Crippen molar-refractivity contribution >= 4 is 5.91 Å². The molecule has 1 saturated heterocycles. The van der Waals surface area contributed by atoms with Gasteiger partial charge in [0.05, 0.1) is 6.61 Å². The molecule has 1 aliphatic rings. The Morgan fingerprint density at radius 2 is 2.56 bits per heavy atom. The highest BCUT2D eigenvalue weighted by Crippen LogP contribution is 2.04. The summed E-state index contributed by atoms with van der Waals surface area (Å²) in [6.45, 7) is 2.67. The second-order valence-corrected chi connectivity index (χ2v) is 2.14. The third-order valence-electron chi connectivity index (χ3n) is 1.13. The monoisotopic (exact) mass is 129 g/mol. The Labute approximate surface area is 54.4 Å². The molecule has 1 N–H and O–H groups in total. The van der Waals surface area contributed by atoms with E-state index >= 15 is 0 Å². The van der Waals surface area contributed by atoms with Gasteiger partial charge >= 0.3 is 0 Å². The van der Waals surface area contributed by atoms with Crippen molar-refractivity contribution in [3.63, 3.8) is 0 Å². The van der Waals surface area contributed by atoms with Gasteiger partial charge in [-0.05, 0) is 6.42 Å². The van der Waals surface area contributed by atoms with Crippen LogP contribution in [0.3, 0.4) is 0 Å². The van der Waals surface area contributed by atoms with E-state index in [9.17, 15) is 4.79 Å². The molecule has 1 aliphatic heterocycles. The van der Waals surface area contributed by atoms with Crippen LogP contribution in [0, 0.1) is 0 Å². The Kier molecular flexibility index (Phi) is 2.05. The predicted octanol–water partition coefficient (Wildman–Crippen LogP) is 0.259. The number of rotatable bonds is 3. The number of carbonyl (C=O) groups is 1. The quantitative estimate of drug-likeness (QED) is 0.555. The van der Waals surface area contributed by atoms with Crippen LogP contribution >= 0.6 is 0 Å². The van der Waals surface area contributed by atoms with Gasteiger partial charge in [-0.25, -0.2) is 0 Å². The summed E-state index contributed by atoms with van der Waals surface area (Å²) in [5, 5.41) is 2.69. The van der Waals surface area contributed by atoms with Crippen LogP contribution in [0.5, 0.6) is 0 Å². The van der Waals surface area contributed by atoms with Gasteiger partial charge < -0.3 is 10.1 Å². The highest BCUT2D eigenvalue weighted by atomic mass is 16.6. The van der Waals surface area contributed by atoms with Gasteiger partial charge in [0.2, 0.25) is 5.91 Å². The molecule has 1 amide bonds. The van der Waals surface area contributed by atoms with Gasteiger partial charge in [0, 0.05) is 6.42 Å². The molecule has 0 bridgehead atoms. The van der Waals surface area contributed by atoms with Crippen molar-refractivity contribution < 1.29 is 9.53 Å². The van der Waals surface area contributed by atoms with Crippen molar-refractivity contribution in [3.05, 3.63) is 0 Å². The fraction of sp³-hybridized carbons (Fsp3) is 0.833. The summed E-state index contributed by atoms with van der Waals surface area (Å²) < 4.78 is 4.79. The average Bonchev–Trinajstić information content (AvgIpc) is 2.50. The van der Waals surface area contributed by atoms with Crippen LogP contribution < -0.4 is 5.32 Å². The largest absolute Gasteiger partial charge is 0.351 e.